The number of hydrogen-bond donors (Lipinski definition) is 0. The summed E-state index contributed by atoms with van der Waals surface area (Å²) in [7, 11) is 2.66. The van der Waals surface area contributed by atoms with Crippen LogP contribution in [0.5, 0.6) is 0 Å². The van der Waals surface area contributed by atoms with Crippen molar-refractivity contribution < 1.29 is 42.8 Å². The van der Waals surface area contributed by atoms with E-state index >= 15 is 0 Å². The first-order valence-electron chi connectivity index (χ1n) is 13.8. The molecule has 3 aromatic carbocycles. The SMILES string of the molecule is CO[C@@H](C(=O)O[C@H]([C@H](OC(=O)[C@H](OC)c1ccccc1)C(C)=O)[C@@H]1OC(c2ccccc2)OCC1N=[N+]=[N-])c1ccccc1. The Kier molecular flexibility index (Phi) is 11.6. The molecule has 0 aliphatic carbocycles. The summed E-state index contributed by atoms with van der Waals surface area (Å²) in [5, 5.41) is 3.80. The predicted octanol–water partition coefficient (Wildman–Crippen LogP) is 4.97. The summed E-state index contributed by atoms with van der Waals surface area (Å²) >= 11 is 0. The Morgan fingerprint density at radius 1 is 0.818 bits per heavy atom. The molecule has 7 atom stereocenters. The first-order valence-corrected chi connectivity index (χ1v) is 13.8. The smallest absolute Gasteiger partial charge is 0.340 e. The molecule has 1 fully saturated rings. The molecule has 12 nitrogen and oxygen atoms in total. The third kappa shape index (κ3) is 7.87. The van der Waals surface area contributed by atoms with Crippen LogP contribution in [-0.4, -0.2) is 62.9 Å². The number of ketones is 1. The lowest BCUT2D eigenvalue weighted by molar-refractivity contribution is -0.259. The van der Waals surface area contributed by atoms with Crippen LogP contribution >= 0.6 is 0 Å². The minimum absolute atomic E-state index is 0.141. The lowest BCUT2D eigenvalue weighted by Gasteiger charge is -2.40. The van der Waals surface area contributed by atoms with Crippen LogP contribution in [0.4, 0.5) is 0 Å². The number of rotatable bonds is 13. The Morgan fingerprint density at radius 2 is 1.32 bits per heavy atom. The largest absolute Gasteiger partial charge is 0.453 e. The maximum Gasteiger partial charge on any atom is 0.340 e. The van der Waals surface area contributed by atoms with Crippen molar-refractivity contribution in [2.24, 2.45) is 5.11 Å². The van der Waals surface area contributed by atoms with Crippen LogP contribution in [0.3, 0.4) is 0 Å². The second kappa shape index (κ2) is 15.8. The molecule has 1 heterocycles. The molecule has 2 unspecified atom stereocenters. The zero-order valence-electron chi connectivity index (χ0n) is 24.4. The van der Waals surface area contributed by atoms with E-state index in [1.54, 1.807) is 84.9 Å². The molecule has 0 aromatic heterocycles. The Balaban J connectivity index is 1.73. The summed E-state index contributed by atoms with van der Waals surface area (Å²) in [4.78, 5) is 43.2. The summed E-state index contributed by atoms with van der Waals surface area (Å²) in [5.74, 6) is -2.44. The first kappa shape index (κ1) is 32.3. The quantitative estimate of drug-likeness (QED) is 0.114. The lowest BCUT2D eigenvalue weighted by Crippen LogP contribution is -2.55. The number of carbonyl (C=O) groups is 3. The molecule has 0 radical (unpaired) electrons. The first-order chi connectivity index (χ1) is 21.4. The Hall–Kier alpha value is -4.58. The molecule has 230 valence electrons. The number of methoxy groups -OCH3 is 2. The molecule has 4 rings (SSSR count). The van der Waals surface area contributed by atoms with Gasteiger partial charge in [-0.3, -0.25) is 4.79 Å². The maximum absolute atomic E-state index is 13.7. The van der Waals surface area contributed by atoms with Crippen molar-refractivity contribution >= 4 is 17.7 Å². The van der Waals surface area contributed by atoms with E-state index in [0.717, 1.165) is 0 Å². The number of benzene rings is 3. The molecule has 1 aliphatic rings. The fraction of sp³-hybridized carbons (Fsp3) is 0.344. The van der Waals surface area contributed by atoms with Crippen molar-refractivity contribution in [3.8, 4) is 0 Å². The molecule has 0 N–H and O–H groups in total. The Morgan fingerprint density at radius 3 is 1.80 bits per heavy atom. The highest BCUT2D eigenvalue weighted by atomic mass is 16.7. The minimum atomic E-state index is -1.68. The number of ether oxygens (including phenoxy) is 6. The van der Waals surface area contributed by atoms with Gasteiger partial charge in [-0.05, 0) is 23.6 Å². The van der Waals surface area contributed by atoms with Gasteiger partial charge in [-0.1, -0.05) is 96.1 Å². The van der Waals surface area contributed by atoms with Gasteiger partial charge in [0, 0.05) is 24.7 Å². The average Bonchev–Trinajstić information content (AvgIpc) is 3.05. The van der Waals surface area contributed by atoms with E-state index in [1.807, 2.05) is 6.07 Å². The Labute approximate surface area is 254 Å². The number of nitrogens with zero attached hydrogens (tertiary/aromatic N) is 3. The van der Waals surface area contributed by atoms with Crippen molar-refractivity contribution in [1.29, 1.82) is 0 Å². The van der Waals surface area contributed by atoms with Crippen LogP contribution in [0.15, 0.2) is 96.1 Å². The van der Waals surface area contributed by atoms with Crippen LogP contribution in [0.2, 0.25) is 0 Å². The fourth-order valence-corrected chi connectivity index (χ4v) is 4.86. The highest BCUT2D eigenvalue weighted by molar-refractivity contribution is 5.86. The molecule has 0 saturated carbocycles. The topological polar surface area (TPSA) is 155 Å². The zero-order chi connectivity index (χ0) is 31.5. The number of hydrogen-bond acceptors (Lipinski definition) is 10. The van der Waals surface area contributed by atoms with Gasteiger partial charge in [0.25, 0.3) is 0 Å². The molecule has 1 aliphatic heterocycles. The number of esters is 2. The molecule has 0 spiro atoms. The van der Waals surface area contributed by atoms with Crippen LogP contribution in [0.25, 0.3) is 10.4 Å². The van der Waals surface area contributed by atoms with Crippen LogP contribution in [0, 0.1) is 0 Å². The minimum Gasteiger partial charge on any atom is -0.453 e. The molecule has 1 saturated heterocycles. The van der Waals surface area contributed by atoms with Gasteiger partial charge in [-0.2, -0.15) is 0 Å². The summed E-state index contributed by atoms with van der Waals surface area (Å²) in [6, 6.07) is 25.0. The van der Waals surface area contributed by atoms with E-state index < -0.39 is 60.6 Å². The van der Waals surface area contributed by atoms with Gasteiger partial charge in [0.2, 0.25) is 0 Å². The molecule has 12 heteroatoms. The van der Waals surface area contributed by atoms with Crippen molar-refractivity contribution in [3.63, 3.8) is 0 Å². The lowest BCUT2D eigenvalue weighted by atomic mass is 9.97. The van der Waals surface area contributed by atoms with Crippen molar-refractivity contribution in [3.05, 3.63) is 118 Å². The summed E-state index contributed by atoms with van der Waals surface area (Å²) in [5.41, 5.74) is 10.9. The zero-order valence-corrected chi connectivity index (χ0v) is 24.4. The molecular weight excluding hydrogens is 570 g/mol. The second-order valence-electron chi connectivity index (χ2n) is 9.87. The normalized spacial score (nSPS) is 20.7. The summed E-state index contributed by atoms with van der Waals surface area (Å²) < 4.78 is 34.6. The van der Waals surface area contributed by atoms with Crippen LogP contribution < -0.4 is 0 Å². The number of Topliss-reactive ketones (excluding diaryl/α,β-unsaturated/α-hetero) is 1. The van der Waals surface area contributed by atoms with E-state index in [9.17, 15) is 19.9 Å². The standard InChI is InChI=1S/C32H33N3O9/c1-20(36)25(42-30(37)26(39-2)21-13-7-4-8-14-21)29(43-31(38)27(40-3)22-15-9-5-10-16-22)28-24(34-35-33)19-41-32(44-28)23-17-11-6-12-18-23/h4-18,24-29,32H,19H2,1-3H3/t24?,25-,26-,27-,28-,29-,32?/m1/s1. The Bertz CT molecular complexity index is 1440. The van der Waals surface area contributed by atoms with E-state index in [0.29, 0.717) is 16.7 Å². The molecular formula is C32H33N3O9. The molecule has 3 aromatic rings. The summed E-state index contributed by atoms with van der Waals surface area (Å²) in [6.07, 6.45) is -7.89. The van der Waals surface area contributed by atoms with E-state index in [1.165, 1.54) is 21.1 Å². The highest BCUT2D eigenvalue weighted by Crippen LogP contribution is 2.33. The predicted molar refractivity (Wildman–Crippen MR) is 156 cm³/mol. The fourth-order valence-electron chi connectivity index (χ4n) is 4.86. The third-order valence-electron chi connectivity index (χ3n) is 6.97. The van der Waals surface area contributed by atoms with Gasteiger partial charge in [0.05, 0.1) is 12.6 Å². The van der Waals surface area contributed by atoms with Gasteiger partial charge in [-0.25, -0.2) is 9.59 Å². The summed E-state index contributed by atoms with van der Waals surface area (Å²) in [6.45, 7) is 1.04. The van der Waals surface area contributed by atoms with Crippen molar-refractivity contribution in [2.75, 3.05) is 20.8 Å². The average molecular weight is 604 g/mol. The van der Waals surface area contributed by atoms with Crippen LogP contribution in [-0.2, 0) is 42.8 Å². The van der Waals surface area contributed by atoms with Crippen molar-refractivity contribution in [1.82, 2.24) is 0 Å². The number of carbonyl (C=O) groups excluding carboxylic acids is 3. The molecule has 44 heavy (non-hydrogen) atoms. The van der Waals surface area contributed by atoms with Crippen LogP contribution in [0.1, 0.15) is 42.1 Å². The monoisotopic (exact) mass is 603 g/mol. The van der Waals surface area contributed by atoms with Gasteiger partial charge < -0.3 is 28.4 Å². The van der Waals surface area contributed by atoms with Gasteiger partial charge >= 0.3 is 11.9 Å². The van der Waals surface area contributed by atoms with Gasteiger partial charge in [0.1, 0.15) is 6.10 Å². The van der Waals surface area contributed by atoms with E-state index in [2.05, 4.69) is 10.0 Å². The molecule has 0 bridgehead atoms. The molecule has 0 amide bonds. The van der Waals surface area contributed by atoms with Gasteiger partial charge in [0.15, 0.2) is 36.5 Å². The third-order valence-corrected chi connectivity index (χ3v) is 6.97. The van der Waals surface area contributed by atoms with E-state index in [-0.39, 0.29) is 6.61 Å². The second-order valence-corrected chi connectivity index (χ2v) is 9.87. The maximum atomic E-state index is 13.7. The van der Waals surface area contributed by atoms with Crippen molar-refractivity contribution in [2.45, 2.75) is 49.8 Å². The highest BCUT2D eigenvalue weighted by Gasteiger charge is 2.48. The number of azide groups is 1. The van der Waals surface area contributed by atoms with E-state index in [4.69, 9.17) is 28.4 Å². The van der Waals surface area contributed by atoms with Gasteiger partial charge in [-0.15, -0.1) is 0 Å².